The Balaban J connectivity index is 2.42. The Morgan fingerprint density at radius 3 is 2.58 bits per heavy atom. The molecule has 70 valence electrons. The van der Waals surface area contributed by atoms with Gasteiger partial charge in [-0.1, -0.05) is 13.3 Å². The van der Waals surface area contributed by atoms with Crippen molar-refractivity contribution in [2.24, 2.45) is 0 Å². The summed E-state index contributed by atoms with van der Waals surface area (Å²) < 4.78 is 10.7. The molecule has 0 saturated carbocycles. The first kappa shape index (κ1) is 9.68. The van der Waals surface area contributed by atoms with Gasteiger partial charge in [0.05, 0.1) is 13.2 Å². The van der Waals surface area contributed by atoms with Crippen LogP contribution in [0.2, 0.25) is 0 Å². The lowest BCUT2D eigenvalue weighted by Gasteiger charge is -2.32. The zero-order chi connectivity index (χ0) is 8.86. The molecule has 1 saturated heterocycles. The highest BCUT2D eigenvalue weighted by atomic mass is 16.7. The monoisotopic (exact) mass is 172 g/mol. The lowest BCUT2D eigenvalue weighted by atomic mass is 10.1. The molecule has 0 aromatic carbocycles. The van der Waals surface area contributed by atoms with Gasteiger partial charge in [-0.2, -0.15) is 0 Å². The Labute approximate surface area is 73.0 Å². The summed E-state index contributed by atoms with van der Waals surface area (Å²) in [7, 11) is 0. The van der Waals surface area contributed by atoms with E-state index in [0.29, 0.717) is 19.6 Å². The molecule has 0 atom stereocenters. The van der Waals surface area contributed by atoms with Crippen LogP contribution in [0.25, 0.3) is 0 Å². The molecule has 0 N–H and O–H groups in total. The normalized spacial score (nSPS) is 22.1. The summed E-state index contributed by atoms with van der Waals surface area (Å²) in [5.41, 5.74) is 0. The molecule has 1 heterocycles. The second kappa shape index (κ2) is 4.58. The summed E-state index contributed by atoms with van der Waals surface area (Å²) in [6.45, 7) is 3.37. The van der Waals surface area contributed by atoms with Crippen molar-refractivity contribution in [2.75, 3.05) is 13.2 Å². The van der Waals surface area contributed by atoms with Gasteiger partial charge in [-0.15, -0.1) is 0 Å². The number of hydrogen-bond donors (Lipinski definition) is 0. The average molecular weight is 172 g/mol. The van der Waals surface area contributed by atoms with E-state index >= 15 is 0 Å². The lowest BCUT2D eigenvalue weighted by Crippen LogP contribution is -2.42. The topological polar surface area (TPSA) is 35.5 Å². The third kappa shape index (κ3) is 2.29. The van der Waals surface area contributed by atoms with Gasteiger partial charge in [0.15, 0.2) is 6.29 Å². The molecule has 3 nitrogen and oxygen atoms in total. The molecule has 0 aliphatic carbocycles. The fourth-order valence-corrected chi connectivity index (χ4v) is 1.28. The number of aldehydes is 1. The molecular weight excluding hydrogens is 156 g/mol. The molecule has 1 aliphatic rings. The smallest absolute Gasteiger partial charge is 0.225 e. The Bertz CT molecular complexity index is 139. The molecular formula is C9H16O3. The maximum atomic E-state index is 10.7. The summed E-state index contributed by atoms with van der Waals surface area (Å²) in [5.74, 6) is -0.908. The maximum Gasteiger partial charge on any atom is 0.225 e. The van der Waals surface area contributed by atoms with Crippen LogP contribution < -0.4 is 0 Å². The first-order chi connectivity index (χ1) is 5.83. The predicted molar refractivity (Wildman–Crippen MR) is 44.8 cm³/mol. The largest absolute Gasteiger partial charge is 0.344 e. The molecule has 0 aromatic heterocycles. The fourth-order valence-electron chi connectivity index (χ4n) is 1.28. The molecule has 0 amide bonds. The summed E-state index contributed by atoms with van der Waals surface area (Å²) in [6, 6.07) is 0. The fraction of sp³-hybridized carbons (Fsp3) is 0.889. The Morgan fingerprint density at radius 2 is 2.08 bits per heavy atom. The molecule has 12 heavy (non-hydrogen) atoms. The molecule has 1 fully saturated rings. The SMILES string of the molecule is CCCCC1(C=O)OCCCO1. The van der Waals surface area contributed by atoms with Crippen molar-refractivity contribution in [3.63, 3.8) is 0 Å². The van der Waals surface area contributed by atoms with Gasteiger partial charge in [0.25, 0.3) is 0 Å². The Hall–Kier alpha value is -0.410. The highest BCUT2D eigenvalue weighted by Crippen LogP contribution is 2.22. The van der Waals surface area contributed by atoms with Crippen molar-refractivity contribution in [1.82, 2.24) is 0 Å². The van der Waals surface area contributed by atoms with Crippen LogP contribution in [0.15, 0.2) is 0 Å². The summed E-state index contributed by atoms with van der Waals surface area (Å²) in [5, 5.41) is 0. The molecule has 1 rings (SSSR count). The number of carbonyl (C=O) groups is 1. The van der Waals surface area contributed by atoms with Crippen LogP contribution in [0.1, 0.15) is 32.6 Å². The van der Waals surface area contributed by atoms with Crippen molar-refractivity contribution in [2.45, 2.75) is 38.4 Å². The third-order valence-corrected chi connectivity index (χ3v) is 2.04. The van der Waals surface area contributed by atoms with Gasteiger partial charge in [-0.3, -0.25) is 4.79 Å². The van der Waals surface area contributed by atoms with Crippen LogP contribution >= 0.6 is 0 Å². The predicted octanol–water partition coefficient (Wildman–Crippen LogP) is 1.51. The third-order valence-electron chi connectivity index (χ3n) is 2.04. The zero-order valence-corrected chi connectivity index (χ0v) is 7.54. The van der Waals surface area contributed by atoms with E-state index in [1.165, 1.54) is 0 Å². The van der Waals surface area contributed by atoms with Crippen LogP contribution in [0.4, 0.5) is 0 Å². The summed E-state index contributed by atoms with van der Waals surface area (Å²) >= 11 is 0. The highest BCUT2D eigenvalue weighted by Gasteiger charge is 2.33. The van der Waals surface area contributed by atoms with Gasteiger partial charge in [-0.25, -0.2) is 0 Å². The van der Waals surface area contributed by atoms with E-state index in [4.69, 9.17) is 9.47 Å². The molecule has 0 bridgehead atoms. The minimum absolute atomic E-state index is 0.641. The Kier molecular flexibility index (Phi) is 3.69. The summed E-state index contributed by atoms with van der Waals surface area (Å²) in [6.07, 6.45) is 4.40. The zero-order valence-electron chi connectivity index (χ0n) is 7.54. The van der Waals surface area contributed by atoms with Gasteiger partial charge >= 0.3 is 0 Å². The van der Waals surface area contributed by atoms with Crippen LogP contribution in [-0.4, -0.2) is 25.3 Å². The van der Waals surface area contributed by atoms with Gasteiger partial charge in [0.1, 0.15) is 0 Å². The summed E-state index contributed by atoms with van der Waals surface area (Å²) in [4.78, 5) is 10.7. The number of unbranched alkanes of at least 4 members (excludes halogenated alkanes) is 1. The first-order valence-corrected chi connectivity index (χ1v) is 4.57. The number of carbonyl (C=O) groups excluding carboxylic acids is 1. The number of ether oxygens (including phenoxy) is 2. The second-order valence-electron chi connectivity index (χ2n) is 3.08. The molecule has 3 heteroatoms. The maximum absolute atomic E-state index is 10.7. The van der Waals surface area contributed by atoms with Gasteiger partial charge in [0.2, 0.25) is 5.79 Å². The van der Waals surface area contributed by atoms with E-state index in [0.717, 1.165) is 25.5 Å². The Morgan fingerprint density at radius 1 is 1.42 bits per heavy atom. The first-order valence-electron chi connectivity index (χ1n) is 4.57. The second-order valence-corrected chi connectivity index (χ2v) is 3.08. The molecule has 0 aromatic rings. The van der Waals surface area contributed by atoms with E-state index in [1.807, 2.05) is 0 Å². The van der Waals surface area contributed by atoms with Gasteiger partial charge < -0.3 is 9.47 Å². The van der Waals surface area contributed by atoms with Crippen molar-refractivity contribution >= 4 is 6.29 Å². The highest BCUT2D eigenvalue weighted by molar-refractivity contribution is 5.60. The van der Waals surface area contributed by atoms with Crippen molar-refractivity contribution in [3.05, 3.63) is 0 Å². The van der Waals surface area contributed by atoms with Crippen molar-refractivity contribution in [1.29, 1.82) is 0 Å². The van der Waals surface area contributed by atoms with Crippen LogP contribution in [0.3, 0.4) is 0 Å². The van der Waals surface area contributed by atoms with Crippen molar-refractivity contribution in [3.8, 4) is 0 Å². The minimum Gasteiger partial charge on any atom is -0.344 e. The molecule has 0 spiro atoms. The lowest BCUT2D eigenvalue weighted by molar-refractivity contribution is -0.247. The van der Waals surface area contributed by atoms with Crippen LogP contribution in [-0.2, 0) is 14.3 Å². The number of rotatable bonds is 4. The van der Waals surface area contributed by atoms with E-state index in [1.54, 1.807) is 0 Å². The minimum atomic E-state index is -0.908. The molecule has 0 radical (unpaired) electrons. The van der Waals surface area contributed by atoms with E-state index < -0.39 is 5.79 Å². The van der Waals surface area contributed by atoms with Crippen molar-refractivity contribution < 1.29 is 14.3 Å². The standard InChI is InChI=1S/C9H16O3/c1-2-3-5-9(8-10)11-6-4-7-12-9/h8H,2-7H2,1H3. The average Bonchev–Trinajstić information content (AvgIpc) is 2.16. The van der Waals surface area contributed by atoms with Gasteiger partial charge in [0, 0.05) is 6.42 Å². The van der Waals surface area contributed by atoms with Crippen LogP contribution in [0, 0.1) is 0 Å². The quantitative estimate of drug-likeness (QED) is 0.603. The van der Waals surface area contributed by atoms with E-state index in [-0.39, 0.29) is 0 Å². The van der Waals surface area contributed by atoms with Crippen LogP contribution in [0.5, 0.6) is 0 Å². The van der Waals surface area contributed by atoms with Gasteiger partial charge in [-0.05, 0) is 12.8 Å². The van der Waals surface area contributed by atoms with E-state index in [2.05, 4.69) is 6.92 Å². The van der Waals surface area contributed by atoms with E-state index in [9.17, 15) is 4.79 Å². The molecule has 0 unspecified atom stereocenters. The molecule has 1 aliphatic heterocycles. The number of hydrogen-bond acceptors (Lipinski definition) is 3.